The Hall–Kier alpha value is -4.97. The van der Waals surface area contributed by atoms with Crippen molar-refractivity contribution in [1.82, 2.24) is 31.9 Å². The van der Waals surface area contributed by atoms with Crippen LogP contribution in [0.15, 0.2) is 4.99 Å². The Morgan fingerprint density at radius 3 is 1.69 bits per heavy atom. The van der Waals surface area contributed by atoms with Crippen LogP contribution in [0, 0.1) is 17.8 Å². The SMILES string of the molecule is CC(=O)N[C@@H](C)C(=O)N[C@@H](CCCN=C(N)N)C(=O)N[C@H](C(=O)N[C@H](CC(C)C)[C@H](C)C(=O)N[C@@H](CCC(=O)O)C(=O)N[C@@H](C)C(N)=O)C(C)C. The number of carboxylic acids is 1. The largest absolute Gasteiger partial charge is 0.481 e. The molecule has 0 saturated heterocycles. The van der Waals surface area contributed by atoms with Gasteiger partial charge in [-0.1, -0.05) is 34.6 Å². The Kier molecular flexibility index (Phi) is 20.5. The van der Waals surface area contributed by atoms with E-state index in [0.29, 0.717) is 12.8 Å². The second-order valence-corrected chi connectivity index (χ2v) is 13.3. The van der Waals surface area contributed by atoms with Gasteiger partial charge in [-0.05, 0) is 51.4 Å². The summed E-state index contributed by atoms with van der Waals surface area (Å²) in [6.45, 7) is 12.9. The average Bonchev–Trinajstić information content (AvgIpc) is 3.00. The molecule has 13 N–H and O–H groups in total. The van der Waals surface area contributed by atoms with E-state index in [-0.39, 0.29) is 31.3 Å². The van der Waals surface area contributed by atoms with E-state index < -0.39 is 102 Å². The molecule has 0 heterocycles. The van der Waals surface area contributed by atoms with Crippen LogP contribution < -0.4 is 49.1 Å². The quantitative estimate of drug-likeness (QED) is 0.0303. The van der Waals surface area contributed by atoms with E-state index in [2.05, 4.69) is 36.9 Å². The van der Waals surface area contributed by atoms with Crippen LogP contribution in [-0.4, -0.2) is 101 Å². The van der Waals surface area contributed by atoms with Gasteiger partial charge in [0, 0.05) is 25.9 Å². The van der Waals surface area contributed by atoms with E-state index in [1.54, 1.807) is 13.8 Å². The van der Waals surface area contributed by atoms with Gasteiger partial charge in [0.05, 0.1) is 5.92 Å². The Morgan fingerprint density at radius 1 is 0.647 bits per heavy atom. The Balaban J connectivity index is 6.11. The first-order valence-electron chi connectivity index (χ1n) is 16.9. The number of guanidine groups is 1. The van der Waals surface area contributed by atoms with Crippen LogP contribution >= 0.6 is 0 Å². The van der Waals surface area contributed by atoms with Gasteiger partial charge in [0.1, 0.15) is 30.2 Å². The summed E-state index contributed by atoms with van der Waals surface area (Å²) in [6.07, 6.45) is -0.0359. The molecular formula is C32H58N10O9. The summed E-state index contributed by atoms with van der Waals surface area (Å²) in [7, 11) is 0. The number of nitrogens with two attached hydrogens (primary N) is 3. The van der Waals surface area contributed by atoms with Gasteiger partial charge in [0.25, 0.3) is 0 Å². The number of rotatable bonds is 23. The number of nitrogens with zero attached hydrogens (tertiary/aromatic N) is 1. The van der Waals surface area contributed by atoms with Crippen molar-refractivity contribution >= 4 is 53.3 Å². The Labute approximate surface area is 298 Å². The summed E-state index contributed by atoms with van der Waals surface area (Å²) in [5.41, 5.74) is 16.0. The molecule has 0 fully saturated rings. The third kappa shape index (κ3) is 18.6. The van der Waals surface area contributed by atoms with Crippen LogP contribution in [0.4, 0.5) is 0 Å². The first-order chi connectivity index (χ1) is 23.6. The third-order valence-corrected chi connectivity index (χ3v) is 7.77. The normalized spacial score (nSPS) is 15.1. The zero-order chi connectivity index (χ0) is 39.6. The lowest BCUT2D eigenvalue weighted by Crippen LogP contribution is -2.59. The molecule has 0 aromatic heterocycles. The minimum Gasteiger partial charge on any atom is -0.481 e. The maximum Gasteiger partial charge on any atom is 0.303 e. The highest BCUT2D eigenvalue weighted by molar-refractivity contribution is 5.95. The third-order valence-electron chi connectivity index (χ3n) is 7.77. The van der Waals surface area contributed by atoms with Crippen LogP contribution in [0.2, 0.25) is 0 Å². The standard InChI is InChI=1S/C32H58N10O9/c1-15(2)14-23(17(5)27(47)39-22(11-12-24(44)45)29(49)38-18(6)26(33)46)41-31(51)25(16(3)4)42-30(50)21(10-9-13-36-32(34)35)40-28(48)19(7)37-20(8)43/h15-19,21-23,25H,9-14H2,1-8H3,(H2,33,46)(H,37,43)(H,38,49)(H,39,47)(H,40,48)(H,41,51)(H,42,50)(H,44,45)(H4,34,35,36)/t17-,18-,19-,21-,22-,23+,25-/m0/s1. The van der Waals surface area contributed by atoms with Crippen molar-refractivity contribution in [2.24, 2.45) is 39.9 Å². The van der Waals surface area contributed by atoms with Gasteiger partial charge in [-0.25, -0.2) is 0 Å². The van der Waals surface area contributed by atoms with Crippen molar-refractivity contribution in [2.75, 3.05) is 6.54 Å². The fourth-order valence-electron chi connectivity index (χ4n) is 4.80. The molecule has 19 nitrogen and oxygen atoms in total. The lowest BCUT2D eigenvalue weighted by atomic mass is 9.91. The van der Waals surface area contributed by atoms with Crippen molar-refractivity contribution in [2.45, 2.75) is 124 Å². The molecular weight excluding hydrogens is 668 g/mol. The van der Waals surface area contributed by atoms with Crippen LogP contribution in [0.5, 0.6) is 0 Å². The predicted molar refractivity (Wildman–Crippen MR) is 188 cm³/mol. The molecule has 19 heteroatoms. The summed E-state index contributed by atoms with van der Waals surface area (Å²) in [4.78, 5) is 104. The van der Waals surface area contributed by atoms with Crippen molar-refractivity contribution in [3.8, 4) is 0 Å². The van der Waals surface area contributed by atoms with E-state index in [9.17, 15) is 38.4 Å². The van der Waals surface area contributed by atoms with Crippen molar-refractivity contribution in [3.63, 3.8) is 0 Å². The molecule has 0 unspecified atom stereocenters. The number of hydrogen-bond donors (Lipinski definition) is 10. The minimum absolute atomic E-state index is 0.0180. The molecule has 0 saturated carbocycles. The van der Waals surface area contributed by atoms with Crippen LogP contribution in [0.1, 0.15) is 87.5 Å². The van der Waals surface area contributed by atoms with Crippen molar-refractivity contribution < 1.29 is 43.5 Å². The van der Waals surface area contributed by atoms with Gasteiger partial charge in [-0.2, -0.15) is 0 Å². The van der Waals surface area contributed by atoms with E-state index in [1.165, 1.54) is 27.7 Å². The molecule has 0 aromatic rings. The average molecular weight is 727 g/mol. The van der Waals surface area contributed by atoms with Gasteiger partial charge in [-0.15, -0.1) is 0 Å². The summed E-state index contributed by atoms with van der Waals surface area (Å²) in [5.74, 6) is -7.43. The monoisotopic (exact) mass is 726 g/mol. The number of hydrogen-bond acceptors (Lipinski definition) is 9. The molecule has 0 rings (SSSR count). The summed E-state index contributed by atoms with van der Waals surface area (Å²) in [5, 5.41) is 24.6. The van der Waals surface area contributed by atoms with Gasteiger partial charge >= 0.3 is 5.97 Å². The van der Waals surface area contributed by atoms with Crippen LogP contribution in [0.25, 0.3) is 0 Å². The fraction of sp³-hybridized carbons (Fsp3) is 0.719. The number of amides is 7. The Bertz CT molecular complexity index is 1270. The molecule has 7 atom stereocenters. The zero-order valence-electron chi connectivity index (χ0n) is 30.8. The highest BCUT2D eigenvalue weighted by Gasteiger charge is 2.34. The molecule has 0 aliphatic rings. The molecule has 0 aliphatic heterocycles. The van der Waals surface area contributed by atoms with Gasteiger partial charge in [0.15, 0.2) is 5.96 Å². The highest BCUT2D eigenvalue weighted by Crippen LogP contribution is 2.16. The number of carboxylic acid groups (broad SMARTS) is 1. The molecule has 290 valence electrons. The molecule has 0 spiro atoms. The second-order valence-electron chi connectivity index (χ2n) is 13.3. The van der Waals surface area contributed by atoms with Gasteiger partial charge in [0.2, 0.25) is 41.4 Å². The molecule has 0 aliphatic carbocycles. The van der Waals surface area contributed by atoms with Gasteiger partial charge in [-0.3, -0.25) is 43.3 Å². The molecule has 7 amide bonds. The maximum atomic E-state index is 13.7. The van der Waals surface area contributed by atoms with Crippen molar-refractivity contribution in [1.29, 1.82) is 0 Å². The number of nitrogens with one attached hydrogen (secondary N) is 6. The van der Waals surface area contributed by atoms with E-state index in [4.69, 9.17) is 22.3 Å². The minimum atomic E-state index is -1.32. The predicted octanol–water partition coefficient (Wildman–Crippen LogP) is -2.30. The molecule has 51 heavy (non-hydrogen) atoms. The van der Waals surface area contributed by atoms with Crippen LogP contribution in [-0.2, 0) is 38.4 Å². The molecule has 0 radical (unpaired) electrons. The fourth-order valence-corrected chi connectivity index (χ4v) is 4.80. The maximum absolute atomic E-state index is 13.7. The summed E-state index contributed by atoms with van der Waals surface area (Å²) < 4.78 is 0. The number of carbonyl (C=O) groups excluding carboxylic acids is 7. The summed E-state index contributed by atoms with van der Waals surface area (Å²) >= 11 is 0. The lowest BCUT2D eigenvalue weighted by Gasteiger charge is -2.31. The molecule has 0 aromatic carbocycles. The highest BCUT2D eigenvalue weighted by atomic mass is 16.4. The molecule has 0 bridgehead atoms. The van der Waals surface area contributed by atoms with Gasteiger partial charge < -0.3 is 54.2 Å². The second kappa shape index (κ2) is 22.7. The van der Waals surface area contributed by atoms with E-state index >= 15 is 0 Å². The zero-order valence-corrected chi connectivity index (χ0v) is 30.8. The topological polar surface area (TPSA) is 319 Å². The van der Waals surface area contributed by atoms with Crippen molar-refractivity contribution in [3.05, 3.63) is 0 Å². The van der Waals surface area contributed by atoms with E-state index in [0.717, 1.165) is 0 Å². The number of aliphatic imine (C=N–C) groups is 1. The number of aliphatic carboxylic acids is 1. The Morgan fingerprint density at radius 2 is 1.20 bits per heavy atom. The van der Waals surface area contributed by atoms with E-state index in [1.807, 2.05) is 13.8 Å². The number of carbonyl (C=O) groups is 8. The first kappa shape index (κ1) is 46.0. The van der Waals surface area contributed by atoms with Crippen LogP contribution in [0.3, 0.4) is 0 Å². The summed E-state index contributed by atoms with van der Waals surface area (Å²) in [6, 6.07) is -6.39. The smallest absolute Gasteiger partial charge is 0.303 e. The first-order valence-corrected chi connectivity index (χ1v) is 16.9. The lowest BCUT2D eigenvalue weighted by molar-refractivity contribution is -0.139. The number of primary amides is 1.